The molecular formula is C15H13NOS. The molecule has 2 nitrogen and oxygen atoms in total. The number of hydrogen-bond acceptors (Lipinski definition) is 2. The van der Waals surface area contributed by atoms with Gasteiger partial charge in [-0.3, -0.25) is 0 Å². The first-order valence-corrected chi connectivity index (χ1v) is 7.00. The quantitative estimate of drug-likeness (QED) is 0.698. The van der Waals surface area contributed by atoms with Gasteiger partial charge in [0.15, 0.2) is 0 Å². The monoisotopic (exact) mass is 255 g/mol. The summed E-state index contributed by atoms with van der Waals surface area (Å²) in [6, 6.07) is 8.49. The molecular weight excluding hydrogens is 242 g/mol. The molecule has 3 aromatic rings. The first kappa shape index (κ1) is 10.2. The van der Waals surface area contributed by atoms with Gasteiger partial charge in [-0.15, -0.1) is 11.3 Å². The first-order valence-electron chi connectivity index (χ1n) is 6.12. The fourth-order valence-electron chi connectivity index (χ4n) is 2.84. The fraction of sp³-hybridized carbons (Fsp3) is 0.200. The van der Waals surface area contributed by atoms with E-state index in [0.29, 0.717) is 0 Å². The van der Waals surface area contributed by atoms with Crippen molar-refractivity contribution in [3.63, 3.8) is 0 Å². The summed E-state index contributed by atoms with van der Waals surface area (Å²) < 4.78 is 5.33. The van der Waals surface area contributed by atoms with Crippen LogP contribution in [0.3, 0.4) is 0 Å². The second kappa shape index (κ2) is 3.62. The summed E-state index contributed by atoms with van der Waals surface area (Å²) in [7, 11) is 1.72. The zero-order chi connectivity index (χ0) is 12.1. The van der Waals surface area contributed by atoms with Crippen molar-refractivity contribution in [3.8, 4) is 17.0 Å². The van der Waals surface area contributed by atoms with E-state index >= 15 is 0 Å². The van der Waals surface area contributed by atoms with Crippen LogP contribution in [-0.4, -0.2) is 12.1 Å². The van der Waals surface area contributed by atoms with Crippen molar-refractivity contribution in [2.45, 2.75) is 12.8 Å². The number of ether oxygens (including phenoxy) is 1. The molecule has 1 aliphatic rings. The van der Waals surface area contributed by atoms with Gasteiger partial charge < -0.3 is 9.72 Å². The van der Waals surface area contributed by atoms with E-state index in [0.717, 1.165) is 18.6 Å². The number of hydrogen-bond donors (Lipinski definition) is 1. The smallest absolute Gasteiger partial charge is 0.119 e. The molecule has 1 N–H and O–H groups in total. The largest absolute Gasteiger partial charge is 0.497 e. The zero-order valence-electron chi connectivity index (χ0n) is 10.1. The maximum atomic E-state index is 5.33. The molecule has 0 unspecified atom stereocenters. The molecule has 0 saturated carbocycles. The van der Waals surface area contributed by atoms with Crippen molar-refractivity contribution >= 4 is 22.2 Å². The third-order valence-electron chi connectivity index (χ3n) is 3.73. The molecule has 18 heavy (non-hydrogen) atoms. The van der Waals surface area contributed by atoms with Crippen molar-refractivity contribution in [2.24, 2.45) is 0 Å². The van der Waals surface area contributed by atoms with Crippen LogP contribution in [0.1, 0.15) is 10.4 Å². The van der Waals surface area contributed by atoms with Gasteiger partial charge in [0.05, 0.1) is 12.8 Å². The number of nitrogens with one attached hydrogen (secondary N) is 1. The number of aryl methyl sites for hydroxylation is 2. The van der Waals surface area contributed by atoms with Crippen LogP contribution in [0.15, 0.2) is 29.6 Å². The lowest BCUT2D eigenvalue weighted by molar-refractivity contribution is 0.415. The number of benzene rings is 1. The molecule has 0 fully saturated rings. The topological polar surface area (TPSA) is 25.0 Å². The van der Waals surface area contributed by atoms with Gasteiger partial charge in [-0.05, 0) is 48.1 Å². The van der Waals surface area contributed by atoms with E-state index in [1.165, 1.54) is 32.6 Å². The molecule has 0 saturated heterocycles. The molecule has 2 heterocycles. The SMILES string of the molecule is COc1ccc2[nH]c3c(c2c1)CCc1sccc1-3. The van der Waals surface area contributed by atoms with Crippen LogP contribution < -0.4 is 4.74 Å². The van der Waals surface area contributed by atoms with Crippen molar-refractivity contribution in [2.75, 3.05) is 7.11 Å². The fourth-order valence-corrected chi connectivity index (χ4v) is 3.72. The summed E-state index contributed by atoms with van der Waals surface area (Å²) in [4.78, 5) is 5.06. The number of aromatic amines is 1. The Balaban J connectivity index is 2.04. The van der Waals surface area contributed by atoms with Crippen LogP contribution in [0.25, 0.3) is 22.2 Å². The second-order valence-corrected chi connectivity index (χ2v) is 5.65. The van der Waals surface area contributed by atoms with Gasteiger partial charge in [-0.2, -0.15) is 0 Å². The third-order valence-corrected chi connectivity index (χ3v) is 4.71. The Kier molecular flexibility index (Phi) is 2.06. The first-order chi connectivity index (χ1) is 8.86. The van der Waals surface area contributed by atoms with E-state index in [4.69, 9.17) is 4.74 Å². The van der Waals surface area contributed by atoms with Crippen molar-refractivity contribution in [1.29, 1.82) is 0 Å². The van der Waals surface area contributed by atoms with Crippen LogP contribution in [0.4, 0.5) is 0 Å². The summed E-state index contributed by atoms with van der Waals surface area (Å²) in [5, 5.41) is 3.49. The molecule has 0 radical (unpaired) electrons. The lowest BCUT2D eigenvalue weighted by Crippen LogP contribution is -1.98. The summed E-state index contributed by atoms with van der Waals surface area (Å²) >= 11 is 1.86. The number of thiophene rings is 1. The molecule has 0 spiro atoms. The maximum absolute atomic E-state index is 5.33. The average molecular weight is 255 g/mol. The Morgan fingerprint density at radius 3 is 3.06 bits per heavy atom. The van der Waals surface area contributed by atoms with Crippen LogP contribution in [0.5, 0.6) is 5.75 Å². The molecule has 0 bridgehead atoms. The highest BCUT2D eigenvalue weighted by molar-refractivity contribution is 7.10. The summed E-state index contributed by atoms with van der Waals surface area (Å²) in [6.07, 6.45) is 2.28. The molecule has 1 aliphatic carbocycles. The molecule has 2 aromatic heterocycles. The normalized spacial score (nSPS) is 13.4. The molecule has 90 valence electrons. The minimum absolute atomic E-state index is 0.931. The average Bonchev–Trinajstić information content (AvgIpc) is 3.01. The minimum atomic E-state index is 0.931. The van der Waals surface area contributed by atoms with Gasteiger partial charge in [-0.25, -0.2) is 0 Å². The molecule has 0 atom stereocenters. The highest BCUT2D eigenvalue weighted by Gasteiger charge is 2.21. The summed E-state index contributed by atoms with van der Waals surface area (Å²) in [5.41, 5.74) is 5.34. The third kappa shape index (κ3) is 1.28. The van der Waals surface area contributed by atoms with E-state index < -0.39 is 0 Å². The minimum Gasteiger partial charge on any atom is -0.497 e. The highest BCUT2D eigenvalue weighted by atomic mass is 32.1. The lowest BCUT2D eigenvalue weighted by Gasteiger charge is -2.12. The molecule has 0 amide bonds. The van der Waals surface area contributed by atoms with Gasteiger partial charge in [0.1, 0.15) is 5.75 Å². The van der Waals surface area contributed by atoms with Crippen LogP contribution in [0.2, 0.25) is 0 Å². The zero-order valence-corrected chi connectivity index (χ0v) is 10.9. The predicted molar refractivity (Wildman–Crippen MR) is 75.6 cm³/mol. The summed E-state index contributed by atoms with van der Waals surface area (Å²) in [5.74, 6) is 0.931. The van der Waals surface area contributed by atoms with Crippen LogP contribution in [0, 0.1) is 0 Å². The summed E-state index contributed by atoms with van der Waals surface area (Å²) in [6.45, 7) is 0. The second-order valence-electron chi connectivity index (χ2n) is 4.65. The number of methoxy groups -OCH3 is 1. The van der Waals surface area contributed by atoms with E-state index in [1.54, 1.807) is 7.11 Å². The molecule has 4 rings (SSSR count). The number of rotatable bonds is 1. The van der Waals surface area contributed by atoms with E-state index in [-0.39, 0.29) is 0 Å². The van der Waals surface area contributed by atoms with Gasteiger partial charge >= 0.3 is 0 Å². The van der Waals surface area contributed by atoms with Gasteiger partial charge in [0.25, 0.3) is 0 Å². The Morgan fingerprint density at radius 1 is 1.22 bits per heavy atom. The Labute approximate surface area is 109 Å². The van der Waals surface area contributed by atoms with Gasteiger partial charge in [-0.1, -0.05) is 0 Å². The van der Waals surface area contributed by atoms with Gasteiger partial charge in [0, 0.05) is 21.3 Å². The van der Waals surface area contributed by atoms with Crippen molar-refractivity contribution in [3.05, 3.63) is 40.1 Å². The van der Waals surface area contributed by atoms with E-state index in [1.807, 2.05) is 17.4 Å². The molecule has 0 aliphatic heterocycles. The van der Waals surface area contributed by atoms with E-state index in [2.05, 4.69) is 28.6 Å². The standard InChI is InChI=1S/C15H13NOS/c1-17-9-2-4-13-12(8-9)10-3-5-14-11(6-7-18-14)15(10)16-13/h2,4,6-8,16H,3,5H2,1H3. The Bertz CT molecular complexity index is 738. The van der Waals surface area contributed by atoms with Crippen LogP contribution in [-0.2, 0) is 12.8 Å². The Hall–Kier alpha value is -1.74. The van der Waals surface area contributed by atoms with Gasteiger partial charge in [0.2, 0.25) is 0 Å². The highest BCUT2D eigenvalue weighted by Crippen LogP contribution is 2.40. The number of H-pyrrole nitrogens is 1. The Morgan fingerprint density at radius 2 is 2.17 bits per heavy atom. The number of fused-ring (bicyclic) bond motifs is 5. The predicted octanol–water partition coefficient (Wildman–Crippen LogP) is 4.00. The number of aromatic nitrogens is 1. The van der Waals surface area contributed by atoms with Crippen LogP contribution >= 0.6 is 11.3 Å². The molecule has 3 heteroatoms. The van der Waals surface area contributed by atoms with E-state index in [9.17, 15) is 0 Å². The lowest BCUT2D eigenvalue weighted by atomic mass is 9.95. The van der Waals surface area contributed by atoms with Crippen molar-refractivity contribution < 1.29 is 4.74 Å². The maximum Gasteiger partial charge on any atom is 0.119 e. The van der Waals surface area contributed by atoms with Crippen molar-refractivity contribution in [1.82, 2.24) is 4.98 Å². The molecule has 1 aromatic carbocycles.